The van der Waals surface area contributed by atoms with E-state index in [9.17, 15) is 27.9 Å². The van der Waals surface area contributed by atoms with E-state index in [1.165, 1.54) is 29.4 Å². The monoisotopic (exact) mass is 606 g/mol. The van der Waals surface area contributed by atoms with Crippen LogP contribution in [0.2, 0.25) is 0 Å². The number of aromatic nitrogens is 1. The molecule has 0 aliphatic carbocycles. The highest BCUT2D eigenvalue weighted by Gasteiger charge is 2.41. The molecule has 0 bridgehead atoms. The van der Waals surface area contributed by atoms with Crippen LogP contribution in [0.25, 0.3) is 10.1 Å². The number of methoxy groups -OCH3 is 1. The second-order valence-corrected chi connectivity index (χ2v) is 13.7. The Kier molecular flexibility index (Phi) is 7.62. The standard InChI is InChI=1S/C24H26N6O7S3/c1-12-7-15-18(10-26-12)39-21(27-15)22(31)30-6-5-29(11-16(30)23(32)33)40(35,36)19-9-13-3-4-14(8-17(13)38-19)20(25)28-24(34)37-2/h3-4,8-9,12,16,26H,5-7,10-11H2,1-2H3,(H,32,33)(H2,25,28,34). The molecule has 2 amide bonds. The number of aliphatic carboxylic acids is 1. The van der Waals surface area contributed by atoms with Crippen molar-refractivity contribution in [3.05, 3.63) is 45.4 Å². The van der Waals surface area contributed by atoms with E-state index in [1.807, 2.05) is 6.92 Å². The lowest BCUT2D eigenvalue weighted by atomic mass is 10.1. The molecule has 0 saturated carbocycles. The minimum Gasteiger partial charge on any atom is -0.480 e. The van der Waals surface area contributed by atoms with Gasteiger partial charge < -0.3 is 20.1 Å². The van der Waals surface area contributed by atoms with Crippen LogP contribution in [0, 0.1) is 5.41 Å². The molecule has 2 unspecified atom stereocenters. The SMILES string of the molecule is COC(=O)NC(=N)c1ccc2cc(S(=O)(=O)N3CCN(C(=O)c4nc5c(s4)CNC(C)C5)C(C(=O)O)C3)sc2c1. The molecule has 40 heavy (non-hydrogen) atoms. The molecule has 2 aliphatic heterocycles. The highest BCUT2D eigenvalue weighted by Crippen LogP contribution is 2.33. The van der Waals surface area contributed by atoms with E-state index in [1.54, 1.807) is 18.2 Å². The predicted octanol–water partition coefficient (Wildman–Crippen LogP) is 1.67. The van der Waals surface area contributed by atoms with E-state index < -0.39 is 40.6 Å². The Morgan fingerprint density at radius 2 is 2.00 bits per heavy atom. The highest BCUT2D eigenvalue weighted by molar-refractivity contribution is 7.91. The van der Waals surface area contributed by atoms with Crippen molar-refractivity contribution in [3.63, 3.8) is 0 Å². The van der Waals surface area contributed by atoms with Crippen LogP contribution in [-0.4, -0.2) is 90.3 Å². The summed E-state index contributed by atoms with van der Waals surface area (Å²) in [6, 6.07) is 5.12. The van der Waals surface area contributed by atoms with Crippen molar-refractivity contribution in [2.24, 2.45) is 0 Å². The molecular formula is C24H26N6O7S3. The summed E-state index contributed by atoms with van der Waals surface area (Å²) < 4.78 is 33.2. The first kappa shape index (κ1) is 28.1. The van der Waals surface area contributed by atoms with Crippen LogP contribution in [-0.2, 0) is 32.5 Å². The second-order valence-electron chi connectivity index (χ2n) is 9.40. The van der Waals surface area contributed by atoms with Gasteiger partial charge in [-0.3, -0.25) is 15.5 Å². The van der Waals surface area contributed by atoms with Gasteiger partial charge in [-0.25, -0.2) is 23.0 Å². The quantitative estimate of drug-likeness (QED) is 0.248. The maximum atomic E-state index is 13.5. The van der Waals surface area contributed by atoms with Crippen LogP contribution in [0.5, 0.6) is 0 Å². The third kappa shape index (κ3) is 5.32. The molecule has 4 N–H and O–H groups in total. The number of hydrogen-bond acceptors (Lipinski definition) is 11. The Balaban J connectivity index is 1.35. The number of alkyl carbamates (subject to hydrolysis) is 1. The van der Waals surface area contributed by atoms with E-state index >= 15 is 0 Å². The van der Waals surface area contributed by atoms with Crippen LogP contribution in [0.15, 0.2) is 28.5 Å². The number of carboxylic acids is 1. The van der Waals surface area contributed by atoms with Crippen LogP contribution >= 0.6 is 22.7 Å². The topological polar surface area (TPSA) is 182 Å². The van der Waals surface area contributed by atoms with Gasteiger partial charge in [-0.05, 0) is 24.4 Å². The second kappa shape index (κ2) is 10.9. The van der Waals surface area contributed by atoms with Gasteiger partial charge in [0.25, 0.3) is 15.9 Å². The lowest BCUT2D eigenvalue weighted by Gasteiger charge is -2.37. The summed E-state index contributed by atoms with van der Waals surface area (Å²) in [5.74, 6) is -2.03. The number of ether oxygens (including phenoxy) is 1. The highest BCUT2D eigenvalue weighted by atomic mass is 32.2. The molecule has 2 aromatic heterocycles. The van der Waals surface area contributed by atoms with Crippen LogP contribution < -0.4 is 10.6 Å². The number of piperazine rings is 1. The summed E-state index contributed by atoms with van der Waals surface area (Å²) in [4.78, 5) is 43.5. The number of hydrogen-bond donors (Lipinski definition) is 4. The Morgan fingerprint density at radius 1 is 1.23 bits per heavy atom. The zero-order valence-corrected chi connectivity index (χ0v) is 23.9. The smallest absolute Gasteiger partial charge is 0.412 e. The van der Waals surface area contributed by atoms with Gasteiger partial charge in [-0.15, -0.1) is 22.7 Å². The molecule has 212 valence electrons. The van der Waals surface area contributed by atoms with Crippen molar-refractivity contribution in [2.45, 2.75) is 36.2 Å². The van der Waals surface area contributed by atoms with Crippen LogP contribution in [0.3, 0.4) is 0 Å². The van der Waals surface area contributed by atoms with Crippen molar-refractivity contribution in [1.82, 2.24) is 24.8 Å². The minimum atomic E-state index is -4.08. The molecule has 3 aromatic rings. The summed E-state index contributed by atoms with van der Waals surface area (Å²) in [7, 11) is -2.91. The first-order valence-corrected chi connectivity index (χ1v) is 15.3. The number of carboxylic acid groups (broad SMARTS) is 1. The largest absolute Gasteiger partial charge is 0.480 e. The molecule has 0 radical (unpaired) electrons. The van der Waals surface area contributed by atoms with Gasteiger partial charge in [-0.2, -0.15) is 4.31 Å². The number of sulfonamides is 1. The molecule has 5 rings (SSSR count). The first-order chi connectivity index (χ1) is 19.0. The Labute approximate surface area is 237 Å². The van der Waals surface area contributed by atoms with Gasteiger partial charge in [0.2, 0.25) is 0 Å². The maximum absolute atomic E-state index is 13.5. The number of fused-ring (bicyclic) bond motifs is 2. The Morgan fingerprint density at radius 3 is 2.73 bits per heavy atom. The number of thiophene rings is 1. The van der Waals surface area contributed by atoms with Crippen LogP contribution in [0.4, 0.5) is 4.79 Å². The van der Waals surface area contributed by atoms with Gasteiger partial charge in [0.05, 0.1) is 12.8 Å². The van der Waals surface area contributed by atoms with Crippen molar-refractivity contribution < 1.29 is 32.6 Å². The van der Waals surface area contributed by atoms with E-state index in [0.29, 0.717) is 28.6 Å². The van der Waals surface area contributed by atoms with Gasteiger partial charge in [-0.1, -0.05) is 12.1 Å². The van der Waals surface area contributed by atoms with Crippen molar-refractivity contribution >= 4 is 66.6 Å². The van der Waals surface area contributed by atoms with Gasteiger partial charge >= 0.3 is 12.1 Å². The first-order valence-electron chi connectivity index (χ1n) is 12.2. The number of carbonyl (C=O) groups is 3. The summed E-state index contributed by atoms with van der Waals surface area (Å²) in [6.45, 7) is 2.04. The van der Waals surface area contributed by atoms with Crippen molar-refractivity contribution in [2.75, 3.05) is 26.7 Å². The molecule has 1 aromatic carbocycles. The summed E-state index contributed by atoms with van der Waals surface area (Å²) in [6.07, 6.45) is -0.126. The molecule has 1 saturated heterocycles. The number of nitrogens with zero attached hydrogens (tertiary/aromatic N) is 3. The molecule has 4 heterocycles. The molecule has 13 nitrogen and oxygen atoms in total. The Hall–Kier alpha value is -3.44. The normalized spacial score (nSPS) is 19.7. The summed E-state index contributed by atoms with van der Waals surface area (Å²) >= 11 is 2.20. The predicted molar refractivity (Wildman–Crippen MR) is 148 cm³/mol. The number of thiazole rings is 1. The van der Waals surface area contributed by atoms with Gasteiger partial charge in [0.1, 0.15) is 16.1 Å². The van der Waals surface area contributed by atoms with Crippen molar-refractivity contribution in [3.8, 4) is 0 Å². The summed E-state index contributed by atoms with van der Waals surface area (Å²) in [5, 5.41) is 24.3. The number of carbonyl (C=O) groups excluding carboxylic acids is 2. The molecule has 2 aliphatic rings. The Bertz CT molecular complexity index is 1630. The fourth-order valence-corrected chi connectivity index (χ4v) is 8.62. The van der Waals surface area contributed by atoms with E-state index in [-0.39, 0.29) is 34.2 Å². The molecule has 0 spiro atoms. The van der Waals surface area contributed by atoms with Crippen LogP contribution in [0.1, 0.15) is 32.9 Å². The molecule has 1 fully saturated rings. The van der Waals surface area contributed by atoms with E-state index in [4.69, 9.17) is 5.41 Å². The summed E-state index contributed by atoms with van der Waals surface area (Å²) in [5.41, 5.74) is 1.19. The fourth-order valence-electron chi connectivity index (χ4n) is 4.60. The van der Waals surface area contributed by atoms with Gasteiger partial charge in [0, 0.05) is 53.8 Å². The number of amides is 2. The lowest BCUT2D eigenvalue weighted by molar-refractivity contribution is -0.143. The fraction of sp³-hybridized carbons (Fsp3) is 0.375. The van der Waals surface area contributed by atoms with E-state index in [2.05, 4.69) is 20.4 Å². The third-order valence-electron chi connectivity index (χ3n) is 6.75. The third-order valence-corrected chi connectivity index (χ3v) is 11.3. The van der Waals surface area contributed by atoms with E-state index in [0.717, 1.165) is 26.2 Å². The average Bonchev–Trinajstić information content (AvgIpc) is 3.56. The average molecular weight is 607 g/mol. The lowest BCUT2D eigenvalue weighted by Crippen LogP contribution is -2.59. The maximum Gasteiger partial charge on any atom is 0.412 e. The molecular weight excluding hydrogens is 581 g/mol. The molecule has 2 atom stereocenters. The minimum absolute atomic E-state index is 0.00485. The number of nitrogens with one attached hydrogen (secondary N) is 3. The number of amidine groups is 1. The number of benzene rings is 1. The van der Waals surface area contributed by atoms with Crippen molar-refractivity contribution in [1.29, 1.82) is 5.41 Å². The zero-order valence-electron chi connectivity index (χ0n) is 21.5. The zero-order chi connectivity index (χ0) is 28.8. The number of rotatable bonds is 5. The molecule has 16 heteroatoms. The van der Waals surface area contributed by atoms with Gasteiger partial charge in [0.15, 0.2) is 5.01 Å².